The lowest BCUT2D eigenvalue weighted by atomic mass is 10.1. The van der Waals surface area contributed by atoms with E-state index in [1.165, 1.54) is 5.56 Å². The van der Waals surface area contributed by atoms with Crippen molar-refractivity contribution < 1.29 is 28.0 Å². The Balaban J connectivity index is 1.40. The number of hydrogen-bond donors (Lipinski definition) is 0. The minimum Gasteiger partial charge on any atom is -0.462 e. The summed E-state index contributed by atoms with van der Waals surface area (Å²) in [5, 5.41) is 0. The molecule has 0 unspecified atom stereocenters. The fourth-order valence-electron chi connectivity index (χ4n) is 5.09. The second-order valence-electron chi connectivity index (χ2n) is 15.5. The fraction of sp³-hybridized carbons (Fsp3) is 0.235. The summed E-state index contributed by atoms with van der Waals surface area (Å²) in [7, 11) is 12.4. The third kappa shape index (κ3) is 13.5. The molecule has 6 heteroatoms. The van der Waals surface area contributed by atoms with Crippen LogP contribution in [0.4, 0.5) is 0 Å². The molecule has 0 bridgehead atoms. The van der Waals surface area contributed by atoms with Crippen molar-refractivity contribution in [3.05, 3.63) is 165 Å². The number of ether oxygens (including phenoxy) is 3. The summed E-state index contributed by atoms with van der Waals surface area (Å²) >= 11 is 0. The molecule has 0 saturated heterocycles. The van der Waals surface area contributed by atoms with Crippen LogP contribution in [0.2, 0.25) is 0 Å². The lowest BCUT2D eigenvalue weighted by Crippen LogP contribution is -2.38. The molecular weight excluding hydrogens is 705 g/mol. The van der Waals surface area contributed by atoms with Crippen LogP contribution in [0.1, 0.15) is 74.3 Å². The van der Waals surface area contributed by atoms with Gasteiger partial charge in [0.2, 0.25) is 13.5 Å². The molecule has 5 rings (SSSR count). The van der Waals surface area contributed by atoms with Crippen LogP contribution in [-0.4, -0.2) is 77.3 Å². The van der Waals surface area contributed by atoms with Crippen molar-refractivity contribution in [2.75, 3.05) is 62.4 Å². The first-order valence-electron chi connectivity index (χ1n) is 19.0. The molecule has 0 radical (unpaired) electrons. The zero-order valence-corrected chi connectivity index (χ0v) is 34.2. The third-order valence-electron chi connectivity index (χ3n) is 8.21. The van der Waals surface area contributed by atoms with Crippen molar-refractivity contribution >= 4 is 5.97 Å². The average molecular weight is 755 g/mol. The van der Waals surface area contributed by atoms with Crippen molar-refractivity contribution in [1.82, 2.24) is 0 Å². The molecule has 0 heterocycles. The molecule has 286 valence electrons. The minimum atomic E-state index is -0.341. The highest BCUT2D eigenvalue weighted by Gasteiger charge is 2.16. The zero-order chi connectivity index (χ0) is 40.8. The van der Waals surface area contributed by atoms with Gasteiger partial charge in [-0.25, -0.2) is 4.79 Å². The van der Waals surface area contributed by atoms with Gasteiger partial charge in [0.15, 0.2) is 0 Å². The number of carbonyl (C=O) groups excluding carboxylic acids is 1. The van der Waals surface area contributed by atoms with Crippen LogP contribution in [0.25, 0.3) is 0 Å². The predicted octanol–water partition coefficient (Wildman–Crippen LogP) is 8.11. The third-order valence-corrected chi connectivity index (χ3v) is 8.21. The van der Waals surface area contributed by atoms with Gasteiger partial charge in [0, 0.05) is 45.5 Å². The summed E-state index contributed by atoms with van der Waals surface area (Å²) in [4.78, 5) is 11.9. The number of aryl methyl sites for hydroxylation is 1. The number of quaternary nitrogens is 2. The average Bonchev–Trinajstić information content (AvgIpc) is 3.20. The highest BCUT2D eigenvalue weighted by Crippen LogP contribution is 2.29. The number of carbonyl (C=O) groups is 1. The molecule has 57 heavy (non-hydrogen) atoms. The van der Waals surface area contributed by atoms with Crippen molar-refractivity contribution in [2.45, 2.75) is 20.3 Å². The molecule has 0 amide bonds. The molecule has 0 aliphatic heterocycles. The van der Waals surface area contributed by atoms with E-state index in [-0.39, 0.29) is 5.97 Å². The first-order valence-corrected chi connectivity index (χ1v) is 19.0. The van der Waals surface area contributed by atoms with E-state index in [4.69, 9.17) is 14.2 Å². The van der Waals surface area contributed by atoms with Crippen LogP contribution in [-0.2, 0) is 11.2 Å². The molecule has 5 aromatic carbocycles. The Labute approximate surface area is 339 Å². The van der Waals surface area contributed by atoms with E-state index < -0.39 is 0 Å². The SMILES string of the molecule is CCOC(=O)c1ccc(C#Cc2ccc(C#Cc3cc(OC[N+](C)(C)C)c(C#Cc4ccc(C#Cc5ccc(CC)cc5)cc4)cc3OC[N+](C)(C)C)cc2)cc1. The summed E-state index contributed by atoms with van der Waals surface area (Å²) in [5.74, 6) is 27.1. The van der Waals surface area contributed by atoms with Crippen LogP contribution in [0, 0.1) is 47.4 Å². The van der Waals surface area contributed by atoms with Crippen molar-refractivity contribution in [3.63, 3.8) is 0 Å². The lowest BCUT2D eigenvalue weighted by molar-refractivity contribution is -0.886. The smallest absolute Gasteiger partial charge is 0.338 e. The van der Waals surface area contributed by atoms with Crippen LogP contribution in [0.5, 0.6) is 11.5 Å². The molecule has 0 fully saturated rings. The normalized spacial score (nSPS) is 10.6. The van der Waals surface area contributed by atoms with Gasteiger partial charge in [0.05, 0.1) is 65.6 Å². The van der Waals surface area contributed by atoms with Crippen molar-refractivity contribution in [2.24, 2.45) is 0 Å². The second kappa shape index (κ2) is 19.3. The van der Waals surface area contributed by atoms with Gasteiger partial charge < -0.3 is 14.2 Å². The summed E-state index contributed by atoms with van der Waals surface area (Å²) in [5.41, 5.74) is 8.48. The van der Waals surface area contributed by atoms with E-state index in [1.54, 1.807) is 19.1 Å². The highest BCUT2D eigenvalue weighted by molar-refractivity contribution is 5.89. The Hall–Kier alpha value is -6.67. The predicted molar refractivity (Wildman–Crippen MR) is 229 cm³/mol. The fourth-order valence-corrected chi connectivity index (χ4v) is 5.09. The van der Waals surface area contributed by atoms with Gasteiger partial charge in [0.1, 0.15) is 11.5 Å². The van der Waals surface area contributed by atoms with Gasteiger partial charge in [-0.3, -0.25) is 8.97 Å². The summed E-state index contributed by atoms with van der Waals surface area (Å²) in [6, 6.07) is 35.0. The van der Waals surface area contributed by atoms with Gasteiger partial charge in [-0.05, 0) is 104 Å². The molecule has 0 aromatic heterocycles. The van der Waals surface area contributed by atoms with E-state index in [1.807, 2.05) is 72.8 Å². The Morgan fingerprint density at radius 1 is 0.474 bits per heavy atom. The van der Waals surface area contributed by atoms with Gasteiger partial charge in [-0.1, -0.05) is 66.4 Å². The molecule has 0 aliphatic rings. The molecular formula is C51H50N2O4+2. The monoisotopic (exact) mass is 754 g/mol. The van der Waals surface area contributed by atoms with E-state index in [2.05, 4.69) is 121 Å². The molecule has 6 nitrogen and oxygen atoms in total. The van der Waals surface area contributed by atoms with Crippen LogP contribution >= 0.6 is 0 Å². The largest absolute Gasteiger partial charge is 0.462 e. The molecule has 0 N–H and O–H groups in total. The maximum absolute atomic E-state index is 11.9. The minimum absolute atomic E-state index is 0.337. The topological polar surface area (TPSA) is 44.8 Å². The zero-order valence-electron chi connectivity index (χ0n) is 34.2. The Morgan fingerprint density at radius 2 is 0.789 bits per heavy atom. The Bertz CT molecular complexity index is 2420. The number of nitrogens with zero attached hydrogens (tertiary/aromatic N) is 2. The second-order valence-corrected chi connectivity index (χ2v) is 15.5. The van der Waals surface area contributed by atoms with E-state index in [0.717, 1.165) is 39.8 Å². The van der Waals surface area contributed by atoms with Crippen LogP contribution in [0.15, 0.2) is 109 Å². The van der Waals surface area contributed by atoms with Gasteiger partial charge >= 0.3 is 5.97 Å². The lowest BCUT2D eigenvalue weighted by Gasteiger charge is -2.25. The maximum Gasteiger partial charge on any atom is 0.338 e. The summed E-state index contributed by atoms with van der Waals surface area (Å²) in [6.45, 7) is 5.14. The quantitative estimate of drug-likeness (QED) is 0.0661. The molecule has 0 atom stereocenters. The van der Waals surface area contributed by atoms with Gasteiger partial charge in [0.25, 0.3) is 0 Å². The maximum atomic E-state index is 11.9. The molecule has 0 aliphatic carbocycles. The Kier molecular flexibility index (Phi) is 14.0. The summed E-state index contributed by atoms with van der Waals surface area (Å²) < 4.78 is 19.0. The first kappa shape index (κ1) is 41.5. The number of hydrogen-bond acceptors (Lipinski definition) is 4. The van der Waals surface area contributed by atoms with Crippen molar-refractivity contribution in [1.29, 1.82) is 0 Å². The van der Waals surface area contributed by atoms with E-state index in [9.17, 15) is 4.79 Å². The molecule has 0 saturated carbocycles. The molecule has 5 aromatic rings. The van der Waals surface area contributed by atoms with Crippen LogP contribution < -0.4 is 9.47 Å². The van der Waals surface area contributed by atoms with Gasteiger partial charge in [-0.2, -0.15) is 0 Å². The van der Waals surface area contributed by atoms with Crippen molar-refractivity contribution in [3.8, 4) is 58.9 Å². The van der Waals surface area contributed by atoms with Crippen LogP contribution in [0.3, 0.4) is 0 Å². The number of benzene rings is 5. The van der Waals surface area contributed by atoms with E-state index >= 15 is 0 Å². The van der Waals surface area contributed by atoms with Gasteiger partial charge in [-0.15, -0.1) is 0 Å². The highest BCUT2D eigenvalue weighted by atomic mass is 16.5. The Morgan fingerprint density at radius 3 is 1.11 bits per heavy atom. The summed E-state index contributed by atoms with van der Waals surface area (Å²) in [6.07, 6.45) is 1.01. The molecule has 0 spiro atoms. The van der Waals surface area contributed by atoms with E-state index in [0.29, 0.717) is 57.2 Å². The standard InChI is InChI=1S/C51H50N2O4/c1-9-39-11-13-40(14-12-39)15-16-41-17-22-43(23-18-41)29-33-47-35-50(57-38-53(6,7)8)48(36-49(47)56-37-52(3,4)5)34-30-44-24-19-42(20-25-44)21-26-45-27-31-46(32-28-45)51(54)55-10-2/h11-14,17-20,22-25,27-28,31-32,35-36H,9-10,37-38H2,1-8H3/q+2. The first-order chi connectivity index (χ1) is 27.3. The number of esters is 1. The number of rotatable bonds is 9.